The highest BCUT2D eigenvalue weighted by Gasteiger charge is 2.17. The number of nitrogens with two attached hydrogens (primary N) is 1. The molecule has 2 aromatic rings. The van der Waals surface area contributed by atoms with Crippen LogP contribution in [-0.2, 0) is 13.5 Å². The van der Waals surface area contributed by atoms with E-state index in [9.17, 15) is 0 Å². The van der Waals surface area contributed by atoms with E-state index in [2.05, 4.69) is 40.1 Å². The fraction of sp³-hybridized carbons (Fsp3) is 0.357. The molecule has 0 spiro atoms. The summed E-state index contributed by atoms with van der Waals surface area (Å²) in [5.41, 5.74) is 10.6. The first-order valence-electron chi connectivity index (χ1n) is 6.09. The largest absolute Gasteiger partial charge is 0.324 e. The molecular weight excluding hydrogens is 326 g/mol. The van der Waals surface area contributed by atoms with Crippen LogP contribution in [0.5, 0.6) is 0 Å². The molecular formula is C14H17BrClN3. The number of rotatable bonds is 3. The Morgan fingerprint density at radius 2 is 2.11 bits per heavy atom. The highest BCUT2D eigenvalue weighted by Crippen LogP contribution is 2.28. The van der Waals surface area contributed by atoms with Crippen LogP contribution in [0.2, 0.25) is 5.15 Å². The van der Waals surface area contributed by atoms with Crippen LogP contribution in [0.25, 0.3) is 0 Å². The molecule has 19 heavy (non-hydrogen) atoms. The molecule has 0 fully saturated rings. The first kappa shape index (κ1) is 14.6. The number of halogens is 2. The Morgan fingerprint density at radius 1 is 1.42 bits per heavy atom. The van der Waals surface area contributed by atoms with E-state index in [1.165, 1.54) is 5.56 Å². The minimum atomic E-state index is -0.102. The first-order valence-corrected chi connectivity index (χ1v) is 7.27. The fourth-order valence-corrected chi connectivity index (χ4v) is 2.98. The molecule has 1 heterocycles. The summed E-state index contributed by atoms with van der Waals surface area (Å²) in [4.78, 5) is 0. The lowest BCUT2D eigenvalue weighted by atomic mass is 9.99. The molecule has 0 saturated heterocycles. The monoisotopic (exact) mass is 341 g/mol. The van der Waals surface area contributed by atoms with Gasteiger partial charge in [0.2, 0.25) is 0 Å². The average Bonchev–Trinajstić information content (AvgIpc) is 2.59. The van der Waals surface area contributed by atoms with Crippen LogP contribution in [0.15, 0.2) is 22.7 Å². The third-order valence-corrected chi connectivity index (χ3v) is 4.44. The number of hydrogen-bond donors (Lipinski definition) is 1. The molecule has 5 heteroatoms. The minimum Gasteiger partial charge on any atom is -0.324 e. The summed E-state index contributed by atoms with van der Waals surface area (Å²) < 4.78 is 2.72. The lowest BCUT2D eigenvalue weighted by Crippen LogP contribution is -2.14. The van der Waals surface area contributed by atoms with Gasteiger partial charge in [0.05, 0.1) is 5.69 Å². The van der Waals surface area contributed by atoms with Crippen LogP contribution >= 0.6 is 27.5 Å². The standard InChI is InChI=1S/C14H17BrClN3/c1-8-4-5-12(15)11(6-8)13(17)7-10-9(2)18-19(3)14(10)16/h4-6,13H,7,17H2,1-3H3. The molecule has 3 nitrogen and oxygen atoms in total. The van der Waals surface area contributed by atoms with Crippen molar-refractivity contribution in [2.75, 3.05) is 0 Å². The minimum absolute atomic E-state index is 0.102. The summed E-state index contributed by atoms with van der Waals surface area (Å²) in [5, 5.41) is 4.98. The quantitative estimate of drug-likeness (QED) is 0.924. The van der Waals surface area contributed by atoms with Crippen molar-refractivity contribution >= 4 is 27.5 Å². The molecule has 0 aliphatic carbocycles. The highest BCUT2D eigenvalue weighted by molar-refractivity contribution is 9.10. The van der Waals surface area contributed by atoms with E-state index < -0.39 is 0 Å². The Bertz CT molecular complexity index is 607. The molecule has 1 aromatic carbocycles. The Kier molecular flexibility index (Phi) is 4.33. The number of nitrogens with zero attached hydrogens (tertiary/aromatic N) is 2. The van der Waals surface area contributed by atoms with Crippen molar-refractivity contribution in [1.29, 1.82) is 0 Å². The predicted octanol–water partition coefficient (Wildman–Crippen LogP) is 3.70. The van der Waals surface area contributed by atoms with Crippen molar-refractivity contribution in [1.82, 2.24) is 9.78 Å². The molecule has 0 saturated carbocycles. The van der Waals surface area contributed by atoms with Crippen molar-refractivity contribution in [2.24, 2.45) is 12.8 Å². The van der Waals surface area contributed by atoms with Crippen molar-refractivity contribution < 1.29 is 0 Å². The third kappa shape index (κ3) is 3.02. The Labute approximate surface area is 126 Å². The van der Waals surface area contributed by atoms with E-state index in [0.717, 1.165) is 21.3 Å². The summed E-state index contributed by atoms with van der Waals surface area (Å²) in [6.07, 6.45) is 0.681. The fourth-order valence-electron chi connectivity index (χ4n) is 2.18. The summed E-state index contributed by atoms with van der Waals surface area (Å²) in [6.45, 7) is 4.02. The lowest BCUT2D eigenvalue weighted by Gasteiger charge is -2.14. The maximum absolute atomic E-state index is 6.32. The van der Waals surface area contributed by atoms with Gasteiger partial charge in [0.15, 0.2) is 0 Å². The van der Waals surface area contributed by atoms with E-state index in [0.29, 0.717) is 11.6 Å². The SMILES string of the molecule is Cc1ccc(Br)c(C(N)Cc2c(C)nn(C)c2Cl)c1. The Balaban J connectivity index is 2.30. The van der Waals surface area contributed by atoms with Crippen LogP contribution in [0.3, 0.4) is 0 Å². The van der Waals surface area contributed by atoms with E-state index in [-0.39, 0.29) is 6.04 Å². The van der Waals surface area contributed by atoms with Crippen molar-refractivity contribution in [3.63, 3.8) is 0 Å². The van der Waals surface area contributed by atoms with Gasteiger partial charge in [-0.1, -0.05) is 45.2 Å². The molecule has 0 amide bonds. The molecule has 0 aliphatic rings. The Hall–Kier alpha value is -0.840. The topological polar surface area (TPSA) is 43.8 Å². The van der Waals surface area contributed by atoms with E-state index in [4.69, 9.17) is 17.3 Å². The molecule has 1 atom stereocenters. The molecule has 0 aliphatic heterocycles. The second-order valence-corrected chi connectivity index (χ2v) is 6.03. The van der Waals surface area contributed by atoms with E-state index in [1.807, 2.05) is 20.0 Å². The summed E-state index contributed by atoms with van der Waals surface area (Å²) in [7, 11) is 1.84. The van der Waals surface area contributed by atoms with Gasteiger partial charge >= 0.3 is 0 Å². The number of aromatic nitrogens is 2. The van der Waals surface area contributed by atoms with E-state index in [1.54, 1.807) is 4.68 Å². The van der Waals surface area contributed by atoms with Crippen LogP contribution < -0.4 is 5.73 Å². The lowest BCUT2D eigenvalue weighted by molar-refractivity contribution is 0.714. The van der Waals surface area contributed by atoms with Gasteiger partial charge in [-0.3, -0.25) is 4.68 Å². The van der Waals surface area contributed by atoms with Gasteiger partial charge in [0.25, 0.3) is 0 Å². The maximum atomic E-state index is 6.32. The maximum Gasteiger partial charge on any atom is 0.130 e. The summed E-state index contributed by atoms with van der Waals surface area (Å²) in [5.74, 6) is 0. The second kappa shape index (κ2) is 5.65. The zero-order valence-corrected chi connectivity index (χ0v) is 13.6. The predicted molar refractivity (Wildman–Crippen MR) is 82.5 cm³/mol. The highest BCUT2D eigenvalue weighted by atomic mass is 79.9. The molecule has 1 unspecified atom stereocenters. The molecule has 0 radical (unpaired) electrons. The van der Waals surface area contributed by atoms with Gasteiger partial charge in [-0.15, -0.1) is 0 Å². The van der Waals surface area contributed by atoms with Gasteiger partial charge in [-0.05, 0) is 31.9 Å². The summed E-state index contributed by atoms with van der Waals surface area (Å²) in [6, 6.07) is 6.09. The van der Waals surface area contributed by atoms with Crippen LogP contribution in [0.4, 0.5) is 0 Å². The van der Waals surface area contributed by atoms with Gasteiger partial charge < -0.3 is 5.73 Å². The van der Waals surface area contributed by atoms with Crippen molar-refractivity contribution in [3.8, 4) is 0 Å². The zero-order chi connectivity index (χ0) is 14.2. The normalized spacial score (nSPS) is 12.7. The van der Waals surface area contributed by atoms with Gasteiger partial charge in [0.1, 0.15) is 5.15 Å². The van der Waals surface area contributed by atoms with Crippen LogP contribution in [0, 0.1) is 13.8 Å². The van der Waals surface area contributed by atoms with E-state index >= 15 is 0 Å². The number of aryl methyl sites for hydroxylation is 3. The second-order valence-electron chi connectivity index (χ2n) is 4.81. The molecule has 1 aromatic heterocycles. The Morgan fingerprint density at radius 3 is 2.68 bits per heavy atom. The van der Waals surface area contributed by atoms with Gasteiger partial charge in [-0.2, -0.15) is 5.10 Å². The number of benzene rings is 1. The molecule has 102 valence electrons. The third-order valence-electron chi connectivity index (χ3n) is 3.24. The smallest absolute Gasteiger partial charge is 0.130 e. The molecule has 0 bridgehead atoms. The first-order chi connectivity index (χ1) is 8.90. The van der Waals surface area contributed by atoms with Crippen molar-refractivity contribution in [3.05, 3.63) is 50.2 Å². The summed E-state index contributed by atoms with van der Waals surface area (Å²) >= 11 is 9.80. The zero-order valence-electron chi connectivity index (χ0n) is 11.2. The van der Waals surface area contributed by atoms with Gasteiger partial charge in [0, 0.05) is 23.1 Å². The number of hydrogen-bond acceptors (Lipinski definition) is 2. The molecule has 2 rings (SSSR count). The van der Waals surface area contributed by atoms with Crippen molar-refractivity contribution in [2.45, 2.75) is 26.3 Å². The van der Waals surface area contributed by atoms with Crippen LogP contribution in [-0.4, -0.2) is 9.78 Å². The van der Waals surface area contributed by atoms with Gasteiger partial charge in [-0.25, -0.2) is 0 Å². The molecule has 2 N–H and O–H groups in total. The average molecular weight is 343 g/mol. The van der Waals surface area contributed by atoms with Crippen LogP contribution in [0.1, 0.15) is 28.4 Å².